The van der Waals surface area contributed by atoms with Gasteiger partial charge in [-0.1, -0.05) is 0 Å². The summed E-state index contributed by atoms with van der Waals surface area (Å²) < 4.78 is 26.6. The van der Waals surface area contributed by atoms with Gasteiger partial charge in [0.05, 0.1) is 6.61 Å². The van der Waals surface area contributed by atoms with Gasteiger partial charge in [0.15, 0.2) is 0 Å². The van der Waals surface area contributed by atoms with Crippen LogP contribution in [0.3, 0.4) is 0 Å². The highest BCUT2D eigenvalue weighted by molar-refractivity contribution is 8.00. The van der Waals surface area contributed by atoms with Crippen LogP contribution in [-0.4, -0.2) is 29.5 Å². The average Bonchev–Trinajstić information content (AvgIpc) is 2.78. The molecule has 100 valence electrons. The Hall–Kier alpha value is -0.650. The van der Waals surface area contributed by atoms with Crippen molar-refractivity contribution in [1.82, 2.24) is 5.32 Å². The molecule has 1 fully saturated rings. The second-order valence-corrected chi connectivity index (χ2v) is 6.09. The highest BCUT2D eigenvalue weighted by Gasteiger charge is 2.37. The number of aliphatic hydroxyl groups excluding tert-OH is 1. The Morgan fingerprint density at radius 2 is 2.28 bits per heavy atom. The average molecular weight is 273 g/mol. The third-order valence-electron chi connectivity index (χ3n) is 3.58. The summed E-state index contributed by atoms with van der Waals surface area (Å²) in [6.07, 6.45) is 2.51. The lowest BCUT2D eigenvalue weighted by Crippen LogP contribution is -2.44. The Kier molecular flexibility index (Phi) is 4.25. The first-order chi connectivity index (χ1) is 8.58. The maximum Gasteiger partial charge on any atom is 0.136 e. The Bertz CT molecular complexity index is 423. The zero-order valence-corrected chi connectivity index (χ0v) is 11.1. The van der Waals surface area contributed by atoms with E-state index < -0.39 is 5.82 Å². The van der Waals surface area contributed by atoms with Crippen LogP contribution in [0.1, 0.15) is 19.3 Å². The van der Waals surface area contributed by atoms with Crippen molar-refractivity contribution in [2.75, 3.05) is 13.7 Å². The molecule has 1 aromatic carbocycles. The molecular formula is C13H17F2NOS. The van der Waals surface area contributed by atoms with Crippen LogP contribution >= 0.6 is 11.8 Å². The van der Waals surface area contributed by atoms with E-state index in [9.17, 15) is 13.9 Å². The molecule has 2 atom stereocenters. The summed E-state index contributed by atoms with van der Waals surface area (Å²) >= 11 is 1.36. The molecule has 2 rings (SSSR count). The first-order valence-corrected chi connectivity index (χ1v) is 6.88. The molecule has 5 heteroatoms. The van der Waals surface area contributed by atoms with Crippen LogP contribution in [0.25, 0.3) is 0 Å². The van der Waals surface area contributed by atoms with Gasteiger partial charge in [-0.2, -0.15) is 0 Å². The molecule has 1 aliphatic rings. The Labute approximate surface area is 110 Å². The standard InChI is InChI=1S/C13H17F2NOS/c1-16-13(8-17)5-4-10(7-13)18-12-6-9(14)2-3-11(12)15/h2-3,6,10,16-17H,4-5,7-8H2,1H3. The van der Waals surface area contributed by atoms with E-state index in [4.69, 9.17) is 0 Å². The van der Waals surface area contributed by atoms with Crippen molar-refractivity contribution < 1.29 is 13.9 Å². The number of thioether (sulfide) groups is 1. The highest BCUT2D eigenvalue weighted by atomic mass is 32.2. The smallest absolute Gasteiger partial charge is 0.136 e. The van der Waals surface area contributed by atoms with E-state index in [2.05, 4.69) is 5.32 Å². The lowest BCUT2D eigenvalue weighted by atomic mass is 10.00. The van der Waals surface area contributed by atoms with Gasteiger partial charge in [-0.25, -0.2) is 8.78 Å². The first kappa shape index (κ1) is 13.8. The van der Waals surface area contributed by atoms with E-state index in [0.29, 0.717) is 4.90 Å². The Balaban J connectivity index is 2.05. The molecule has 2 N–H and O–H groups in total. The monoisotopic (exact) mass is 273 g/mol. The topological polar surface area (TPSA) is 32.3 Å². The molecule has 0 amide bonds. The number of hydrogen-bond donors (Lipinski definition) is 2. The molecule has 0 bridgehead atoms. The van der Waals surface area contributed by atoms with Crippen LogP contribution in [0.2, 0.25) is 0 Å². The molecule has 0 heterocycles. The molecule has 0 aromatic heterocycles. The molecule has 0 spiro atoms. The summed E-state index contributed by atoms with van der Waals surface area (Å²) in [7, 11) is 1.83. The molecule has 0 saturated heterocycles. The number of rotatable bonds is 4. The lowest BCUT2D eigenvalue weighted by molar-refractivity contribution is 0.173. The zero-order valence-electron chi connectivity index (χ0n) is 10.2. The summed E-state index contributed by atoms with van der Waals surface area (Å²) in [6.45, 7) is 0.0756. The van der Waals surface area contributed by atoms with Crippen LogP contribution in [-0.2, 0) is 0 Å². The molecule has 2 unspecified atom stereocenters. The van der Waals surface area contributed by atoms with Crippen LogP contribution in [0, 0.1) is 11.6 Å². The van der Waals surface area contributed by atoms with Gasteiger partial charge in [0.25, 0.3) is 0 Å². The largest absolute Gasteiger partial charge is 0.394 e. The van der Waals surface area contributed by atoms with Crippen LogP contribution < -0.4 is 5.32 Å². The van der Waals surface area contributed by atoms with Crippen molar-refractivity contribution >= 4 is 11.8 Å². The van der Waals surface area contributed by atoms with E-state index in [0.717, 1.165) is 31.4 Å². The third kappa shape index (κ3) is 2.84. The summed E-state index contributed by atoms with van der Waals surface area (Å²) in [5, 5.41) is 12.7. The molecule has 1 saturated carbocycles. The summed E-state index contributed by atoms with van der Waals surface area (Å²) in [5.74, 6) is -0.800. The quantitative estimate of drug-likeness (QED) is 0.884. The molecule has 0 radical (unpaired) electrons. The van der Waals surface area contributed by atoms with Gasteiger partial charge in [0.2, 0.25) is 0 Å². The number of aliphatic hydroxyl groups is 1. The fraction of sp³-hybridized carbons (Fsp3) is 0.538. The molecule has 18 heavy (non-hydrogen) atoms. The van der Waals surface area contributed by atoms with Crippen molar-refractivity contribution in [3.05, 3.63) is 29.8 Å². The minimum atomic E-state index is -0.418. The number of nitrogens with one attached hydrogen (secondary N) is 1. The first-order valence-electron chi connectivity index (χ1n) is 6.00. The van der Waals surface area contributed by atoms with Gasteiger partial charge >= 0.3 is 0 Å². The van der Waals surface area contributed by atoms with Crippen molar-refractivity contribution in [3.8, 4) is 0 Å². The van der Waals surface area contributed by atoms with E-state index in [-0.39, 0.29) is 23.2 Å². The van der Waals surface area contributed by atoms with E-state index >= 15 is 0 Å². The Morgan fingerprint density at radius 1 is 1.50 bits per heavy atom. The fourth-order valence-electron chi connectivity index (χ4n) is 2.37. The number of halogens is 2. The third-order valence-corrected chi connectivity index (χ3v) is 4.89. The van der Waals surface area contributed by atoms with Crippen molar-refractivity contribution in [2.45, 2.75) is 34.9 Å². The molecule has 2 nitrogen and oxygen atoms in total. The Morgan fingerprint density at radius 3 is 2.89 bits per heavy atom. The number of likely N-dealkylation sites (N-methyl/N-ethyl adjacent to an activating group) is 1. The maximum atomic E-state index is 13.5. The van der Waals surface area contributed by atoms with Crippen molar-refractivity contribution in [2.24, 2.45) is 0 Å². The van der Waals surface area contributed by atoms with Crippen LogP contribution in [0.5, 0.6) is 0 Å². The zero-order chi connectivity index (χ0) is 13.2. The summed E-state index contributed by atoms with van der Waals surface area (Å²) in [5.41, 5.74) is -0.262. The second-order valence-electron chi connectivity index (χ2n) is 4.75. The van der Waals surface area contributed by atoms with Crippen molar-refractivity contribution in [3.63, 3.8) is 0 Å². The van der Waals surface area contributed by atoms with Crippen molar-refractivity contribution in [1.29, 1.82) is 0 Å². The number of benzene rings is 1. The minimum absolute atomic E-state index is 0.0756. The summed E-state index contributed by atoms with van der Waals surface area (Å²) in [4.78, 5) is 0.352. The van der Waals surface area contributed by atoms with Crippen LogP contribution in [0.4, 0.5) is 8.78 Å². The predicted octanol–water partition coefficient (Wildman–Crippen LogP) is 2.56. The normalized spacial score (nSPS) is 27.7. The summed E-state index contributed by atoms with van der Waals surface area (Å²) in [6, 6.07) is 3.52. The maximum absolute atomic E-state index is 13.5. The van der Waals surface area contributed by atoms with Gasteiger partial charge in [0, 0.05) is 15.7 Å². The SMILES string of the molecule is CNC1(CO)CCC(Sc2cc(F)ccc2F)C1. The van der Waals surface area contributed by atoms with Gasteiger partial charge in [0.1, 0.15) is 11.6 Å². The minimum Gasteiger partial charge on any atom is -0.394 e. The fourth-order valence-corrected chi connectivity index (χ4v) is 3.73. The van der Waals surface area contributed by atoms with Gasteiger partial charge < -0.3 is 10.4 Å². The van der Waals surface area contributed by atoms with E-state index in [1.165, 1.54) is 17.8 Å². The van der Waals surface area contributed by atoms with Crippen LogP contribution in [0.15, 0.2) is 23.1 Å². The molecule has 1 aromatic rings. The van der Waals surface area contributed by atoms with Gasteiger partial charge in [-0.05, 0) is 44.5 Å². The molecular weight excluding hydrogens is 256 g/mol. The lowest BCUT2D eigenvalue weighted by Gasteiger charge is -2.26. The second kappa shape index (κ2) is 5.55. The number of hydrogen-bond acceptors (Lipinski definition) is 3. The van der Waals surface area contributed by atoms with Gasteiger partial charge in [-0.15, -0.1) is 11.8 Å². The van der Waals surface area contributed by atoms with E-state index in [1.807, 2.05) is 7.05 Å². The molecule has 0 aliphatic heterocycles. The predicted molar refractivity (Wildman–Crippen MR) is 68.7 cm³/mol. The van der Waals surface area contributed by atoms with Gasteiger partial charge in [-0.3, -0.25) is 0 Å². The van der Waals surface area contributed by atoms with E-state index in [1.54, 1.807) is 0 Å². The molecule has 1 aliphatic carbocycles. The highest BCUT2D eigenvalue weighted by Crippen LogP contribution is 2.40.